The number of nitrogens with two attached hydrogens (primary N) is 1. The van der Waals surface area contributed by atoms with Crippen molar-refractivity contribution in [1.29, 1.82) is 0 Å². The first-order chi connectivity index (χ1) is 7.19. The number of hydrogen-bond acceptors (Lipinski definition) is 3. The molecule has 2 N–H and O–H groups in total. The summed E-state index contributed by atoms with van der Waals surface area (Å²) in [7, 11) is 0. The van der Waals surface area contributed by atoms with E-state index in [0.717, 1.165) is 19.4 Å². The lowest BCUT2D eigenvalue weighted by atomic mass is 10.1. The lowest BCUT2D eigenvalue weighted by molar-refractivity contribution is -0.136. The van der Waals surface area contributed by atoms with Gasteiger partial charge in [0.05, 0.1) is 0 Å². The van der Waals surface area contributed by atoms with Crippen LogP contribution in [0.1, 0.15) is 26.7 Å². The van der Waals surface area contributed by atoms with E-state index in [1.54, 1.807) is 0 Å². The molecule has 4 nitrogen and oxygen atoms in total. The number of likely N-dealkylation sites (tertiary alicyclic amines) is 1. The van der Waals surface area contributed by atoms with Crippen molar-refractivity contribution in [3.63, 3.8) is 0 Å². The normalized spacial score (nSPS) is 25.9. The van der Waals surface area contributed by atoms with Gasteiger partial charge < -0.3 is 15.4 Å². The van der Waals surface area contributed by atoms with E-state index in [0.29, 0.717) is 25.1 Å². The molecule has 15 heavy (non-hydrogen) atoms. The fourth-order valence-corrected chi connectivity index (χ4v) is 2.05. The number of nitrogens with zero attached hydrogens (tertiary/aromatic N) is 1. The molecule has 1 rings (SSSR count). The molecule has 0 aromatic heterocycles. The van der Waals surface area contributed by atoms with Crippen LogP contribution in [0.5, 0.6) is 0 Å². The predicted molar refractivity (Wildman–Crippen MR) is 59.4 cm³/mol. The van der Waals surface area contributed by atoms with E-state index in [1.165, 1.54) is 0 Å². The fraction of sp³-hybridized carbons (Fsp3) is 0.909. The molecule has 0 radical (unpaired) electrons. The molecule has 2 unspecified atom stereocenters. The molecule has 1 aliphatic heterocycles. The van der Waals surface area contributed by atoms with Crippen LogP contribution in [0, 0.1) is 5.92 Å². The van der Waals surface area contributed by atoms with Gasteiger partial charge in [-0.25, -0.2) is 0 Å². The predicted octanol–water partition coefficient (Wildman–Crippen LogP) is 0.609. The molecular weight excluding hydrogens is 192 g/mol. The molecule has 1 fully saturated rings. The van der Waals surface area contributed by atoms with Gasteiger partial charge >= 0.3 is 0 Å². The average molecular weight is 214 g/mol. The second-order valence-electron chi connectivity index (χ2n) is 4.29. The summed E-state index contributed by atoms with van der Waals surface area (Å²) in [5.41, 5.74) is 5.61. The second kappa shape index (κ2) is 6.08. The first kappa shape index (κ1) is 12.5. The van der Waals surface area contributed by atoms with Crippen molar-refractivity contribution in [3.05, 3.63) is 0 Å². The van der Waals surface area contributed by atoms with Crippen molar-refractivity contribution in [2.75, 3.05) is 26.3 Å². The Bertz CT molecular complexity index is 209. The molecule has 0 aromatic rings. The largest absolute Gasteiger partial charge is 0.372 e. The molecule has 2 atom stereocenters. The standard InChI is InChI=1S/C11H22N2O2/c1-3-4-15-8-11(14)13-7-10(6-12)5-9(13)2/h9-10H,3-8,12H2,1-2H3. The van der Waals surface area contributed by atoms with Gasteiger partial charge in [0.25, 0.3) is 0 Å². The summed E-state index contributed by atoms with van der Waals surface area (Å²) in [6, 6.07) is 0.316. The van der Waals surface area contributed by atoms with Crippen molar-refractivity contribution in [3.8, 4) is 0 Å². The van der Waals surface area contributed by atoms with Crippen LogP contribution in [0.3, 0.4) is 0 Å². The Labute approximate surface area is 91.8 Å². The van der Waals surface area contributed by atoms with Gasteiger partial charge in [0.15, 0.2) is 0 Å². The van der Waals surface area contributed by atoms with E-state index in [2.05, 4.69) is 6.92 Å². The minimum absolute atomic E-state index is 0.104. The molecule has 0 aromatic carbocycles. The highest BCUT2D eigenvalue weighted by Gasteiger charge is 2.31. The molecule has 0 saturated carbocycles. The van der Waals surface area contributed by atoms with Crippen molar-refractivity contribution < 1.29 is 9.53 Å². The van der Waals surface area contributed by atoms with Crippen LogP contribution < -0.4 is 5.73 Å². The Balaban J connectivity index is 2.33. The van der Waals surface area contributed by atoms with Crippen molar-refractivity contribution in [2.24, 2.45) is 11.7 Å². The van der Waals surface area contributed by atoms with Crippen LogP contribution in [0.2, 0.25) is 0 Å². The lowest BCUT2D eigenvalue weighted by Gasteiger charge is -2.21. The molecule has 1 amide bonds. The Morgan fingerprint density at radius 2 is 2.33 bits per heavy atom. The molecule has 88 valence electrons. The highest BCUT2D eigenvalue weighted by Crippen LogP contribution is 2.21. The average Bonchev–Trinajstić information content (AvgIpc) is 2.60. The van der Waals surface area contributed by atoms with E-state index in [-0.39, 0.29) is 12.5 Å². The van der Waals surface area contributed by atoms with Gasteiger partial charge in [-0.2, -0.15) is 0 Å². The molecule has 0 aliphatic carbocycles. The summed E-state index contributed by atoms with van der Waals surface area (Å²) in [4.78, 5) is 13.6. The number of ether oxygens (including phenoxy) is 1. The Kier molecular flexibility index (Phi) is 5.05. The summed E-state index contributed by atoms with van der Waals surface area (Å²) in [5, 5.41) is 0. The van der Waals surface area contributed by atoms with E-state index >= 15 is 0 Å². The Morgan fingerprint density at radius 1 is 1.60 bits per heavy atom. The molecule has 4 heteroatoms. The van der Waals surface area contributed by atoms with E-state index in [9.17, 15) is 4.79 Å². The zero-order valence-electron chi connectivity index (χ0n) is 9.74. The minimum Gasteiger partial charge on any atom is -0.372 e. The Hall–Kier alpha value is -0.610. The zero-order valence-corrected chi connectivity index (χ0v) is 9.74. The van der Waals surface area contributed by atoms with E-state index in [1.807, 2.05) is 11.8 Å². The van der Waals surface area contributed by atoms with Gasteiger partial charge in [0.1, 0.15) is 6.61 Å². The quantitative estimate of drug-likeness (QED) is 0.682. The van der Waals surface area contributed by atoms with Crippen LogP contribution in [-0.4, -0.2) is 43.2 Å². The maximum atomic E-state index is 11.8. The lowest BCUT2D eigenvalue weighted by Crippen LogP contribution is -2.37. The number of rotatable bonds is 5. The topological polar surface area (TPSA) is 55.6 Å². The third-order valence-corrected chi connectivity index (χ3v) is 2.89. The van der Waals surface area contributed by atoms with Crippen LogP contribution in [0.15, 0.2) is 0 Å². The third-order valence-electron chi connectivity index (χ3n) is 2.89. The smallest absolute Gasteiger partial charge is 0.248 e. The van der Waals surface area contributed by atoms with Crippen LogP contribution in [-0.2, 0) is 9.53 Å². The summed E-state index contributed by atoms with van der Waals surface area (Å²) < 4.78 is 5.25. The molecule has 1 aliphatic rings. The summed E-state index contributed by atoms with van der Waals surface area (Å²) >= 11 is 0. The van der Waals surface area contributed by atoms with Crippen molar-refractivity contribution >= 4 is 5.91 Å². The molecule has 0 spiro atoms. The number of amides is 1. The van der Waals surface area contributed by atoms with Crippen LogP contribution in [0.25, 0.3) is 0 Å². The summed E-state index contributed by atoms with van der Waals surface area (Å²) in [5.74, 6) is 0.571. The van der Waals surface area contributed by atoms with Gasteiger partial charge in [-0.15, -0.1) is 0 Å². The SMILES string of the molecule is CCCOCC(=O)N1CC(CN)CC1C. The van der Waals surface area contributed by atoms with E-state index < -0.39 is 0 Å². The zero-order chi connectivity index (χ0) is 11.3. The number of hydrogen-bond donors (Lipinski definition) is 1. The van der Waals surface area contributed by atoms with Gasteiger partial charge in [-0.1, -0.05) is 6.92 Å². The van der Waals surface area contributed by atoms with Crippen molar-refractivity contribution in [2.45, 2.75) is 32.7 Å². The highest BCUT2D eigenvalue weighted by atomic mass is 16.5. The van der Waals surface area contributed by atoms with Gasteiger partial charge in [0, 0.05) is 19.2 Å². The van der Waals surface area contributed by atoms with Crippen LogP contribution in [0.4, 0.5) is 0 Å². The molecule has 1 heterocycles. The van der Waals surface area contributed by atoms with Gasteiger partial charge in [-0.05, 0) is 32.2 Å². The summed E-state index contributed by atoms with van der Waals surface area (Å²) in [6.45, 7) is 6.46. The monoisotopic (exact) mass is 214 g/mol. The van der Waals surface area contributed by atoms with E-state index in [4.69, 9.17) is 10.5 Å². The van der Waals surface area contributed by atoms with Crippen molar-refractivity contribution in [1.82, 2.24) is 4.90 Å². The first-order valence-corrected chi connectivity index (χ1v) is 5.76. The first-order valence-electron chi connectivity index (χ1n) is 5.76. The number of carbonyl (C=O) groups is 1. The maximum absolute atomic E-state index is 11.8. The number of carbonyl (C=O) groups excluding carboxylic acids is 1. The Morgan fingerprint density at radius 3 is 2.87 bits per heavy atom. The summed E-state index contributed by atoms with van der Waals surface area (Å²) in [6.07, 6.45) is 1.98. The molecule has 0 bridgehead atoms. The molecular formula is C11H22N2O2. The van der Waals surface area contributed by atoms with Crippen LogP contribution >= 0.6 is 0 Å². The second-order valence-corrected chi connectivity index (χ2v) is 4.29. The maximum Gasteiger partial charge on any atom is 0.248 e. The van der Waals surface area contributed by atoms with Gasteiger partial charge in [-0.3, -0.25) is 4.79 Å². The molecule has 1 saturated heterocycles. The minimum atomic E-state index is 0.104. The fourth-order valence-electron chi connectivity index (χ4n) is 2.05. The highest BCUT2D eigenvalue weighted by molar-refractivity contribution is 5.78. The van der Waals surface area contributed by atoms with Gasteiger partial charge in [0.2, 0.25) is 5.91 Å². The third kappa shape index (κ3) is 3.47.